The summed E-state index contributed by atoms with van der Waals surface area (Å²) in [6.07, 6.45) is -2.27. The fourth-order valence-corrected chi connectivity index (χ4v) is 2.51. The Labute approximate surface area is 123 Å². The third-order valence-electron chi connectivity index (χ3n) is 3.72. The van der Waals surface area contributed by atoms with Crippen molar-refractivity contribution in [2.75, 3.05) is 32.7 Å². The first-order valence-electron chi connectivity index (χ1n) is 7.08. The normalized spacial score (nSPS) is 17.3. The SMILES string of the molecule is O=C(O)CCN1CCN(Cc2cccc(C(F)F)c2)CC1. The summed E-state index contributed by atoms with van der Waals surface area (Å²) in [5, 5.41) is 8.66. The highest BCUT2D eigenvalue weighted by molar-refractivity contribution is 5.66. The maximum absolute atomic E-state index is 12.7. The highest BCUT2D eigenvalue weighted by Crippen LogP contribution is 2.20. The molecule has 116 valence electrons. The lowest BCUT2D eigenvalue weighted by atomic mass is 10.1. The largest absolute Gasteiger partial charge is 0.481 e. The van der Waals surface area contributed by atoms with Crippen molar-refractivity contribution < 1.29 is 18.7 Å². The van der Waals surface area contributed by atoms with Gasteiger partial charge in [-0.3, -0.25) is 9.69 Å². The summed E-state index contributed by atoms with van der Waals surface area (Å²) in [6.45, 7) is 4.54. The Morgan fingerprint density at radius 1 is 1.19 bits per heavy atom. The van der Waals surface area contributed by atoms with E-state index in [-0.39, 0.29) is 12.0 Å². The van der Waals surface area contributed by atoms with Crippen molar-refractivity contribution in [3.63, 3.8) is 0 Å². The van der Waals surface area contributed by atoms with Gasteiger partial charge in [-0.25, -0.2) is 8.78 Å². The molecule has 0 radical (unpaired) electrons. The third-order valence-corrected chi connectivity index (χ3v) is 3.72. The first kappa shape index (κ1) is 15.9. The van der Waals surface area contributed by atoms with Gasteiger partial charge in [0.05, 0.1) is 6.42 Å². The minimum atomic E-state index is -2.43. The molecule has 1 aliphatic heterocycles. The van der Waals surface area contributed by atoms with Crippen LogP contribution in [0, 0.1) is 0 Å². The minimum absolute atomic E-state index is 0.0626. The maximum Gasteiger partial charge on any atom is 0.304 e. The fourth-order valence-electron chi connectivity index (χ4n) is 2.51. The van der Waals surface area contributed by atoms with Crippen molar-refractivity contribution in [3.8, 4) is 0 Å². The van der Waals surface area contributed by atoms with Crippen LogP contribution in [-0.4, -0.2) is 53.6 Å². The second-order valence-corrected chi connectivity index (χ2v) is 5.31. The van der Waals surface area contributed by atoms with Crippen LogP contribution < -0.4 is 0 Å². The number of piperazine rings is 1. The van der Waals surface area contributed by atoms with Crippen molar-refractivity contribution >= 4 is 5.97 Å². The standard InChI is InChI=1S/C15H20F2N2O2/c16-15(17)13-3-1-2-12(10-13)11-19-8-6-18(7-9-19)5-4-14(20)21/h1-3,10,15H,4-9,11H2,(H,20,21). The van der Waals surface area contributed by atoms with Gasteiger partial charge in [0, 0.05) is 44.8 Å². The van der Waals surface area contributed by atoms with E-state index in [2.05, 4.69) is 9.80 Å². The number of carboxylic acid groups (broad SMARTS) is 1. The maximum atomic E-state index is 12.7. The molecule has 0 atom stereocenters. The molecule has 1 saturated heterocycles. The lowest BCUT2D eigenvalue weighted by molar-refractivity contribution is -0.137. The lowest BCUT2D eigenvalue weighted by Crippen LogP contribution is -2.46. The summed E-state index contributed by atoms with van der Waals surface area (Å²) in [5.74, 6) is -0.777. The molecule has 4 nitrogen and oxygen atoms in total. The van der Waals surface area contributed by atoms with E-state index in [4.69, 9.17) is 5.11 Å². The summed E-state index contributed by atoms with van der Waals surface area (Å²) in [6, 6.07) is 6.53. The van der Waals surface area contributed by atoms with Crippen LogP contribution in [0.15, 0.2) is 24.3 Å². The summed E-state index contributed by atoms with van der Waals surface area (Å²) in [7, 11) is 0. The van der Waals surface area contributed by atoms with Gasteiger partial charge in [0.25, 0.3) is 6.43 Å². The van der Waals surface area contributed by atoms with Gasteiger partial charge in [0.2, 0.25) is 0 Å². The van der Waals surface area contributed by atoms with E-state index in [1.807, 2.05) is 6.07 Å². The third kappa shape index (κ3) is 5.06. The summed E-state index contributed by atoms with van der Waals surface area (Å²) in [4.78, 5) is 14.9. The Kier molecular flexibility index (Phi) is 5.64. The van der Waals surface area contributed by atoms with E-state index in [1.54, 1.807) is 12.1 Å². The van der Waals surface area contributed by atoms with E-state index >= 15 is 0 Å². The van der Waals surface area contributed by atoms with Crippen LogP contribution in [0.2, 0.25) is 0 Å². The number of rotatable bonds is 6. The van der Waals surface area contributed by atoms with Crippen molar-refractivity contribution in [2.45, 2.75) is 19.4 Å². The van der Waals surface area contributed by atoms with Crippen LogP contribution >= 0.6 is 0 Å². The molecule has 6 heteroatoms. The zero-order chi connectivity index (χ0) is 15.2. The van der Waals surface area contributed by atoms with Gasteiger partial charge in [-0.15, -0.1) is 0 Å². The molecule has 0 amide bonds. The number of halogens is 2. The van der Waals surface area contributed by atoms with Gasteiger partial charge in [-0.05, 0) is 11.6 Å². The Balaban J connectivity index is 1.80. The van der Waals surface area contributed by atoms with E-state index in [9.17, 15) is 13.6 Å². The Morgan fingerprint density at radius 2 is 1.86 bits per heavy atom. The summed E-state index contributed by atoms with van der Waals surface area (Å²) in [5.41, 5.74) is 0.958. The molecule has 0 spiro atoms. The van der Waals surface area contributed by atoms with Crippen LogP contribution in [0.25, 0.3) is 0 Å². The summed E-state index contributed by atoms with van der Waals surface area (Å²) < 4.78 is 25.3. The van der Waals surface area contributed by atoms with Gasteiger partial charge in [0.1, 0.15) is 0 Å². The monoisotopic (exact) mass is 298 g/mol. The van der Waals surface area contributed by atoms with Crippen molar-refractivity contribution in [1.29, 1.82) is 0 Å². The van der Waals surface area contributed by atoms with Crippen LogP contribution in [0.4, 0.5) is 8.78 Å². The molecule has 1 aromatic rings. The molecule has 1 aliphatic rings. The molecular weight excluding hydrogens is 278 g/mol. The van der Waals surface area contributed by atoms with E-state index in [0.29, 0.717) is 13.1 Å². The second-order valence-electron chi connectivity index (χ2n) is 5.31. The molecule has 0 saturated carbocycles. The lowest BCUT2D eigenvalue weighted by Gasteiger charge is -2.34. The van der Waals surface area contributed by atoms with E-state index in [1.165, 1.54) is 6.07 Å². The Bertz CT molecular complexity index is 474. The number of nitrogens with zero attached hydrogens (tertiary/aromatic N) is 2. The molecule has 0 unspecified atom stereocenters. The zero-order valence-corrected chi connectivity index (χ0v) is 11.8. The molecule has 0 aromatic heterocycles. The number of aliphatic carboxylic acids is 1. The van der Waals surface area contributed by atoms with Gasteiger partial charge < -0.3 is 10.0 Å². The Morgan fingerprint density at radius 3 is 2.48 bits per heavy atom. The fraction of sp³-hybridized carbons (Fsp3) is 0.533. The Hall–Kier alpha value is -1.53. The number of benzene rings is 1. The van der Waals surface area contributed by atoms with Gasteiger partial charge >= 0.3 is 5.97 Å². The van der Waals surface area contributed by atoms with Gasteiger partial charge in [-0.2, -0.15) is 0 Å². The molecule has 0 bridgehead atoms. The highest BCUT2D eigenvalue weighted by Gasteiger charge is 2.17. The van der Waals surface area contributed by atoms with E-state index < -0.39 is 12.4 Å². The van der Waals surface area contributed by atoms with Crippen LogP contribution in [0.3, 0.4) is 0 Å². The number of hydrogen-bond acceptors (Lipinski definition) is 3. The van der Waals surface area contributed by atoms with Crippen molar-refractivity contribution in [2.24, 2.45) is 0 Å². The smallest absolute Gasteiger partial charge is 0.304 e. The molecule has 2 rings (SSSR count). The predicted octanol–water partition coefficient (Wildman–Crippen LogP) is 2.22. The molecule has 1 N–H and O–H groups in total. The van der Waals surface area contributed by atoms with Crippen LogP contribution in [0.5, 0.6) is 0 Å². The van der Waals surface area contributed by atoms with Crippen molar-refractivity contribution in [1.82, 2.24) is 9.80 Å². The van der Waals surface area contributed by atoms with Crippen molar-refractivity contribution in [3.05, 3.63) is 35.4 Å². The second kappa shape index (κ2) is 7.47. The quantitative estimate of drug-likeness (QED) is 0.874. The van der Waals surface area contributed by atoms with Gasteiger partial charge in [0.15, 0.2) is 0 Å². The average Bonchev–Trinajstić information content (AvgIpc) is 2.47. The molecule has 21 heavy (non-hydrogen) atoms. The summed E-state index contributed by atoms with van der Waals surface area (Å²) >= 11 is 0. The number of carboxylic acids is 1. The average molecular weight is 298 g/mol. The molecule has 0 aliphatic carbocycles. The number of alkyl halides is 2. The molecular formula is C15H20F2N2O2. The van der Waals surface area contributed by atoms with Crippen LogP contribution in [-0.2, 0) is 11.3 Å². The zero-order valence-electron chi connectivity index (χ0n) is 11.8. The minimum Gasteiger partial charge on any atom is -0.481 e. The van der Waals surface area contributed by atoms with E-state index in [0.717, 1.165) is 31.7 Å². The number of hydrogen-bond donors (Lipinski definition) is 1. The highest BCUT2D eigenvalue weighted by atomic mass is 19.3. The van der Waals surface area contributed by atoms with Gasteiger partial charge in [-0.1, -0.05) is 18.2 Å². The topological polar surface area (TPSA) is 43.8 Å². The number of carbonyl (C=O) groups is 1. The molecule has 1 heterocycles. The first-order valence-corrected chi connectivity index (χ1v) is 7.08. The molecule has 1 aromatic carbocycles. The first-order chi connectivity index (χ1) is 10.0. The molecule has 1 fully saturated rings. The predicted molar refractivity (Wildman–Crippen MR) is 75.4 cm³/mol. The van der Waals surface area contributed by atoms with Crippen LogP contribution in [0.1, 0.15) is 24.0 Å².